The number of anilines is 2. The fraction of sp³-hybridized carbons (Fsp3) is 0.167. The maximum absolute atomic E-state index is 12.1. The average molecular weight is 299 g/mol. The monoisotopic (exact) mass is 298 g/mol. The minimum absolute atomic E-state index is 0.132. The molecule has 1 heterocycles. The number of aromatic nitrogens is 2. The SMILES string of the molecule is CCc1[nH]nc(C(=O)Nc2c(Cl)cccc2Cl)c1N. The second-order valence-electron chi connectivity index (χ2n) is 3.87. The van der Waals surface area contributed by atoms with Gasteiger partial charge in [-0.25, -0.2) is 0 Å². The number of hydrogen-bond donors (Lipinski definition) is 3. The summed E-state index contributed by atoms with van der Waals surface area (Å²) < 4.78 is 0. The molecule has 0 saturated heterocycles. The van der Waals surface area contributed by atoms with Crippen molar-refractivity contribution in [2.24, 2.45) is 0 Å². The minimum Gasteiger partial charge on any atom is -0.395 e. The Bertz CT molecular complexity index is 604. The van der Waals surface area contributed by atoms with Gasteiger partial charge in [0.05, 0.1) is 27.1 Å². The predicted octanol–water partition coefficient (Wildman–Crippen LogP) is 3.11. The average Bonchev–Trinajstić information content (AvgIpc) is 2.75. The Morgan fingerprint density at radius 2 is 2.05 bits per heavy atom. The first kappa shape index (κ1) is 13.7. The van der Waals surface area contributed by atoms with Gasteiger partial charge in [-0.05, 0) is 18.6 Å². The van der Waals surface area contributed by atoms with E-state index in [0.29, 0.717) is 27.8 Å². The van der Waals surface area contributed by atoms with Crippen LogP contribution in [0.3, 0.4) is 0 Å². The number of nitrogens with two attached hydrogens (primary N) is 1. The van der Waals surface area contributed by atoms with Crippen LogP contribution in [0.25, 0.3) is 0 Å². The van der Waals surface area contributed by atoms with Crippen LogP contribution >= 0.6 is 23.2 Å². The number of carbonyl (C=O) groups excluding carboxylic acids is 1. The molecule has 1 amide bonds. The molecule has 0 spiro atoms. The number of para-hydroxylation sites is 1. The molecule has 1 aromatic carbocycles. The van der Waals surface area contributed by atoms with E-state index in [0.717, 1.165) is 5.69 Å². The molecule has 5 nitrogen and oxygen atoms in total. The van der Waals surface area contributed by atoms with Crippen LogP contribution in [0.4, 0.5) is 11.4 Å². The topological polar surface area (TPSA) is 83.8 Å². The van der Waals surface area contributed by atoms with Gasteiger partial charge < -0.3 is 11.1 Å². The summed E-state index contributed by atoms with van der Waals surface area (Å²) in [5.74, 6) is -0.455. The fourth-order valence-electron chi connectivity index (χ4n) is 1.62. The van der Waals surface area contributed by atoms with Crippen molar-refractivity contribution in [1.29, 1.82) is 0 Å². The van der Waals surface area contributed by atoms with Gasteiger partial charge in [0.1, 0.15) is 0 Å². The largest absolute Gasteiger partial charge is 0.395 e. The van der Waals surface area contributed by atoms with Crippen LogP contribution in [-0.4, -0.2) is 16.1 Å². The lowest BCUT2D eigenvalue weighted by Gasteiger charge is -2.08. The molecule has 0 atom stereocenters. The molecule has 0 radical (unpaired) electrons. The Morgan fingerprint density at radius 3 is 2.58 bits per heavy atom. The molecule has 2 aromatic rings. The highest BCUT2D eigenvalue weighted by molar-refractivity contribution is 6.40. The number of amides is 1. The highest BCUT2D eigenvalue weighted by Gasteiger charge is 2.18. The molecular formula is C12H12Cl2N4O. The maximum Gasteiger partial charge on any atom is 0.278 e. The molecule has 7 heteroatoms. The Hall–Kier alpha value is -1.72. The van der Waals surface area contributed by atoms with Gasteiger partial charge in [0.15, 0.2) is 5.69 Å². The second-order valence-corrected chi connectivity index (χ2v) is 4.68. The van der Waals surface area contributed by atoms with E-state index in [4.69, 9.17) is 28.9 Å². The summed E-state index contributed by atoms with van der Waals surface area (Å²) >= 11 is 11.9. The van der Waals surface area contributed by atoms with Crippen molar-refractivity contribution in [3.63, 3.8) is 0 Å². The number of nitrogens with one attached hydrogen (secondary N) is 2. The molecule has 2 rings (SSSR count). The van der Waals surface area contributed by atoms with Crippen LogP contribution in [0.15, 0.2) is 18.2 Å². The predicted molar refractivity (Wildman–Crippen MR) is 76.8 cm³/mol. The van der Waals surface area contributed by atoms with E-state index in [1.165, 1.54) is 0 Å². The summed E-state index contributed by atoms with van der Waals surface area (Å²) in [6, 6.07) is 4.96. The standard InChI is InChI=1S/C12H12Cl2N4O/c1-2-8-9(15)11(18-17-8)12(19)16-10-6(13)4-3-5-7(10)14/h3-5H,2,15H2,1H3,(H,16,19)(H,17,18). The number of aromatic amines is 1. The number of nitrogens with zero attached hydrogens (tertiary/aromatic N) is 1. The fourth-order valence-corrected chi connectivity index (χ4v) is 2.11. The van der Waals surface area contributed by atoms with Crippen molar-refractivity contribution in [2.45, 2.75) is 13.3 Å². The van der Waals surface area contributed by atoms with Crippen molar-refractivity contribution in [3.8, 4) is 0 Å². The number of nitrogen functional groups attached to an aromatic ring is 1. The number of H-pyrrole nitrogens is 1. The van der Waals surface area contributed by atoms with Crippen molar-refractivity contribution in [2.75, 3.05) is 11.1 Å². The third-order valence-corrected chi connectivity index (χ3v) is 3.28. The lowest BCUT2D eigenvalue weighted by atomic mass is 10.2. The lowest BCUT2D eigenvalue weighted by Crippen LogP contribution is -2.15. The molecule has 100 valence electrons. The van der Waals surface area contributed by atoms with Gasteiger partial charge in [0, 0.05) is 0 Å². The highest BCUT2D eigenvalue weighted by Crippen LogP contribution is 2.30. The molecule has 0 aliphatic carbocycles. The van der Waals surface area contributed by atoms with Crippen LogP contribution < -0.4 is 11.1 Å². The Balaban J connectivity index is 2.28. The zero-order chi connectivity index (χ0) is 14.0. The van der Waals surface area contributed by atoms with Crippen molar-refractivity contribution in [1.82, 2.24) is 10.2 Å². The zero-order valence-corrected chi connectivity index (χ0v) is 11.6. The van der Waals surface area contributed by atoms with E-state index in [9.17, 15) is 4.79 Å². The summed E-state index contributed by atoms with van der Waals surface area (Å²) in [7, 11) is 0. The van der Waals surface area contributed by atoms with Gasteiger partial charge in [-0.2, -0.15) is 5.10 Å². The molecule has 1 aromatic heterocycles. The maximum atomic E-state index is 12.1. The lowest BCUT2D eigenvalue weighted by molar-refractivity contribution is 0.102. The first-order valence-electron chi connectivity index (χ1n) is 5.62. The number of rotatable bonds is 3. The van der Waals surface area contributed by atoms with E-state index >= 15 is 0 Å². The quantitative estimate of drug-likeness (QED) is 0.814. The first-order chi connectivity index (χ1) is 9.04. The summed E-state index contributed by atoms with van der Waals surface area (Å²) in [5.41, 5.74) is 7.35. The summed E-state index contributed by atoms with van der Waals surface area (Å²) in [6.07, 6.45) is 0.666. The molecule has 0 saturated carbocycles. The van der Waals surface area contributed by atoms with Crippen LogP contribution in [0.1, 0.15) is 23.1 Å². The Morgan fingerprint density at radius 1 is 1.42 bits per heavy atom. The van der Waals surface area contributed by atoms with E-state index < -0.39 is 5.91 Å². The van der Waals surface area contributed by atoms with Crippen LogP contribution in [0.5, 0.6) is 0 Å². The number of aryl methyl sites for hydroxylation is 1. The van der Waals surface area contributed by atoms with Crippen LogP contribution in [0.2, 0.25) is 10.0 Å². The third kappa shape index (κ3) is 2.67. The van der Waals surface area contributed by atoms with E-state index in [1.807, 2.05) is 6.92 Å². The normalized spacial score (nSPS) is 10.5. The molecule has 0 bridgehead atoms. The van der Waals surface area contributed by atoms with Gasteiger partial charge in [-0.1, -0.05) is 36.2 Å². The highest BCUT2D eigenvalue weighted by atomic mass is 35.5. The molecule has 0 aliphatic rings. The molecule has 19 heavy (non-hydrogen) atoms. The first-order valence-corrected chi connectivity index (χ1v) is 6.38. The second kappa shape index (κ2) is 5.50. The summed E-state index contributed by atoms with van der Waals surface area (Å²) in [5, 5.41) is 9.92. The number of hydrogen-bond acceptors (Lipinski definition) is 3. The number of halogens is 2. The van der Waals surface area contributed by atoms with Gasteiger partial charge in [-0.15, -0.1) is 0 Å². The van der Waals surface area contributed by atoms with Crippen LogP contribution in [-0.2, 0) is 6.42 Å². The van der Waals surface area contributed by atoms with E-state index in [-0.39, 0.29) is 5.69 Å². The van der Waals surface area contributed by atoms with Gasteiger partial charge in [0.25, 0.3) is 5.91 Å². The summed E-state index contributed by atoms with van der Waals surface area (Å²) in [6.45, 7) is 1.91. The van der Waals surface area contributed by atoms with Crippen molar-refractivity contribution >= 4 is 40.5 Å². The number of carbonyl (C=O) groups is 1. The Labute approximate surface area is 120 Å². The van der Waals surface area contributed by atoms with Crippen molar-refractivity contribution in [3.05, 3.63) is 39.6 Å². The Kier molecular flexibility index (Phi) is 3.97. The molecular weight excluding hydrogens is 287 g/mol. The van der Waals surface area contributed by atoms with Gasteiger partial charge in [-0.3, -0.25) is 9.89 Å². The molecule has 4 N–H and O–H groups in total. The van der Waals surface area contributed by atoms with Crippen molar-refractivity contribution < 1.29 is 4.79 Å². The van der Waals surface area contributed by atoms with E-state index in [2.05, 4.69) is 15.5 Å². The third-order valence-electron chi connectivity index (χ3n) is 2.65. The van der Waals surface area contributed by atoms with Gasteiger partial charge >= 0.3 is 0 Å². The number of benzene rings is 1. The van der Waals surface area contributed by atoms with Crippen LogP contribution in [0, 0.1) is 0 Å². The molecule has 0 aliphatic heterocycles. The summed E-state index contributed by atoms with van der Waals surface area (Å²) in [4.78, 5) is 12.1. The minimum atomic E-state index is -0.455. The smallest absolute Gasteiger partial charge is 0.278 e. The molecule has 0 unspecified atom stereocenters. The zero-order valence-electron chi connectivity index (χ0n) is 10.1. The van der Waals surface area contributed by atoms with Gasteiger partial charge in [0.2, 0.25) is 0 Å². The van der Waals surface area contributed by atoms with E-state index in [1.54, 1.807) is 18.2 Å². The molecule has 0 fully saturated rings.